The van der Waals surface area contributed by atoms with Crippen molar-refractivity contribution in [3.63, 3.8) is 0 Å². The Morgan fingerprint density at radius 2 is 1.55 bits per heavy atom. The molecule has 1 N–H and O–H groups in total. The molecule has 0 heterocycles. The Morgan fingerprint density at radius 3 is 2.25 bits per heavy atom. The predicted molar refractivity (Wildman–Crippen MR) is 89.5 cm³/mol. The molecule has 2 rings (SSSR count). The van der Waals surface area contributed by atoms with Gasteiger partial charge in [0.15, 0.2) is 0 Å². The molecule has 0 saturated heterocycles. The van der Waals surface area contributed by atoms with Crippen LogP contribution in [-0.2, 0) is 0 Å². The molecular weight excluding hydrogens is 262 g/mol. The summed E-state index contributed by atoms with van der Waals surface area (Å²) in [6.07, 6.45) is 1.19. The Hall–Kier alpha value is -1.25. The zero-order valence-electron chi connectivity index (χ0n) is 12.1. The summed E-state index contributed by atoms with van der Waals surface area (Å²) in [5.41, 5.74) is 1.44. The molecule has 2 heteroatoms. The maximum Gasteiger partial charge on any atom is 0.0106 e. The maximum absolute atomic E-state index is 3.54. The van der Waals surface area contributed by atoms with Gasteiger partial charge in [-0.05, 0) is 36.6 Å². The molecule has 1 nitrogen and oxygen atoms in total. The second kappa shape index (κ2) is 8.83. The molecule has 0 amide bonds. The smallest absolute Gasteiger partial charge is 0.0106 e. The van der Waals surface area contributed by atoms with Crippen LogP contribution < -0.4 is 5.32 Å². The Kier molecular flexibility index (Phi) is 6.69. The van der Waals surface area contributed by atoms with Crippen molar-refractivity contribution in [3.8, 4) is 0 Å². The number of benzene rings is 2. The summed E-state index contributed by atoms with van der Waals surface area (Å²) in [5.74, 6) is 1.76. The molecule has 2 aromatic rings. The lowest BCUT2D eigenvalue weighted by Gasteiger charge is -2.12. The van der Waals surface area contributed by atoms with Gasteiger partial charge >= 0.3 is 0 Å². The number of rotatable bonds is 8. The van der Waals surface area contributed by atoms with Gasteiger partial charge in [0, 0.05) is 17.2 Å². The molecule has 0 spiro atoms. The van der Waals surface area contributed by atoms with E-state index in [1.165, 1.54) is 16.9 Å². The van der Waals surface area contributed by atoms with Gasteiger partial charge in [-0.25, -0.2) is 0 Å². The first kappa shape index (κ1) is 15.1. The average molecular weight is 285 g/mol. The molecule has 1 unspecified atom stereocenters. The van der Waals surface area contributed by atoms with E-state index in [-0.39, 0.29) is 0 Å². The largest absolute Gasteiger partial charge is 0.316 e. The molecule has 106 valence electrons. The SMILES string of the molecule is CC(CCNCCSc1ccccc1)c1ccccc1. The second-order valence-corrected chi connectivity index (χ2v) is 6.18. The van der Waals surface area contributed by atoms with E-state index in [0.29, 0.717) is 5.92 Å². The van der Waals surface area contributed by atoms with Gasteiger partial charge in [0.2, 0.25) is 0 Å². The van der Waals surface area contributed by atoms with E-state index in [1.807, 2.05) is 11.8 Å². The summed E-state index contributed by atoms with van der Waals surface area (Å²) in [4.78, 5) is 1.35. The summed E-state index contributed by atoms with van der Waals surface area (Å²) in [6.45, 7) is 4.46. The zero-order chi connectivity index (χ0) is 14.0. The van der Waals surface area contributed by atoms with Crippen molar-refractivity contribution in [2.75, 3.05) is 18.8 Å². The van der Waals surface area contributed by atoms with Crippen LogP contribution in [0.2, 0.25) is 0 Å². The molecule has 2 aromatic carbocycles. The first-order valence-electron chi connectivity index (χ1n) is 7.30. The van der Waals surface area contributed by atoms with E-state index in [2.05, 4.69) is 72.9 Å². The lowest BCUT2D eigenvalue weighted by molar-refractivity contribution is 0.610. The highest BCUT2D eigenvalue weighted by molar-refractivity contribution is 7.99. The normalized spacial score (nSPS) is 12.2. The van der Waals surface area contributed by atoms with Gasteiger partial charge in [-0.1, -0.05) is 55.5 Å². The van der Waals surface area contributed by atoms with Crippen LogP contribution in [0.1, 0.15) is 24.8 Å². The van der Waals surface area contributed by atoms with E-state index >= 15 is 0 Å². The topological polar surface area (TPSA) is 12.0 Å². The van der Waals surface area contributed by atoms with Crippen LogP contribution in [0.4, 0.5) is 0 Å². The number of thioether (sulfide) groups is 1. The van der Waals surface area contributed by atoms with Gasteiger partial charge < -0.3 is 5.32 Å². The number of hydrogen-bond donors (Lipinski definition) is 1. The molecule has 0 bridgehead atoms. The molecule has 0 aliphatic rings. The minimum Gasteiger partial charge on any atom is -0.316 e. The third kappa shape index (κ3) is 5.40. The van der Waals surface area contributed by atoms with E-state index < -0.39 is 0 Å². The van der Waals surface area contributed by atoms with Gasteiger partial charge in [-0.15, -0.1) is 11.8 Å². The fraction of sp³-hybridized carbons (Fsp3) is 0.333. The van der Waals surface area contributed by atoms with Crippen molar-refractivity contribution in [1.29, 1.82) is 0 Å². The van der Waals surface area contributed by atoms with Crippen molar-refractivity contribution < 1.29 is 0 Å². The van der Waals surface area contributed by atoms with Gasteiger partial charge in [0.05, 0.1) is 0 Å². The van der Waals surface area contributed by atoms with Crippen molar-refractivity contribution in [2.24, 2.45) is 0 Å². The first-order chi connectivity index (χ1) is 9.86. The Bertz CT molecular complexity index is 469. The lowest BCUT2D eigenvalue weighted by atomic mass is 9.98. The van der Waals surface area contributed by atoms with Crippen LogP contribution in [0.15, 0.2) is 65.6 Å². The summed E-state index contributed by atoms with van der Waals surface area (Å²) in [5, 5.41) is 3.54. The summed E-state index contributed by atoms with van der Waals surface area (Å²) >= 11 is 1.91. The van der Waals surface area contributed by atoms with Crippen molar-refractivity contribution in [3.05, 3.63) is 66.2 Å². The molecule has 0 radical (unpaired) electrons. The molecule has 0 saturated carbocycles. The van der Waals surface area contributed by atoms with Crippen molar-refractivity contribution >= 4 is 11.8 Å². The van der Waals surface area contributed by atoms with Gasteiger partial charge in [0.25, 0.3) is 0 Å². The fourth-order valence-corrected chi connectivity index (χ4v) is 2.98. The quantitative estimate of drug-likeness (QED) is 0.563. The minimum absolute atomic E-state index is 0.630. The highest BCUT2D eigenvalue weighted by atomic mass is 32.2. The molecule has 1 atom stereocenters. The number of nitrogens with one attached hydrogen (secondary N) is 1. The third-order valence-corrected chi connectivity index (χ3v) is 4.43. The van der Waals surface area contributed by atoms with Crippen LogP contribution >= 0.6 is 11.8 Å². The van der Waals surface area contributed by atoms with Crippen LogP contribution in [-0.4, -0.2) is 18.8 Å². The minimum atomic E-state index is 0.630. The van der Waals surface area contributed by atoms with Crippen LogP contribution in [0.5, 0.6) is 0 Å². The van der Waals surface area contributed by atoms with E-state index in [9.17, 15) is 0 Å². The van der Waals surface area contributed by atoms with Gasteiger partial charge in [-0.3, -0.25) is 0 Å². The van der Waals surface area contributed by atoms with Crippen molar-refractivity contribution in [2.45, 2.75) is 24.2 Å². The molecule has 0 aliphatic heterocycles. The fourth-order valence-electron chi connectivity index (χ4n) is 2.15. The zero-order valence-corrected chi connectivity index (χ0v) is 12.9. The Balaban J connectivity index is 1.56. The summed E-state index contributed by atoms with van der Waals surface area (Å²) in [7, 11) is 0. The molecule has 20 heavy (non-hydrogen) atoms. The van der Waals surface area contributed by atoms with Gasteiger partial charge in [0.1, 0.15) is 0 Å². The Morgan fingerprint density at radius 1 is 0.900 bits per heavy atom. The van der Waals surface area contributed by atoms with Crippen LogP contribution in [0.3, 0.4) is 0 Å². The third-order valence-electron chi connectivity index (χ3n) is 3.41. The van der Waals surface area contributed by atoms with Gasteiger partial charge in [-0.2, -0.15) is 0 Å². The lowest BCUT2D eigenvalue weighted by Crippen LogP contribution is -2.19. The molecule has 0 fully saturated rings. The summed E-state index contributed by atoms with van der Waals surface area (Å²) < 4.78 is 0. The van der Waals surface area contributed by atoms with Crippen molar-refractivity contribution in [1.82, 2.24) is 5.32 Å². The molecular formula is C18H23NS. The Labute approximate surface area is 126 Å². The standard InChI is InChI=1S/C18H23NS/c1-16(17-8-4-2-5-9-17)12-13-19-14-15-20-18-10-6-3-7-11-18/h2-11,16,19H,12-15H2,1H3. The van der Waals surface area contributed by atoms with E-state index in [0.717, 1.165) is 18.8 Å². The predicted octanol–water partition coefficient (Wildman–Crippen LogP) is 4.56. The van der Waals surface area contributed by atoms with E-state index in [1.54, 1.807) is 0 Å². The van der Waals surface area contributed by atoms with Crippen LogP contribution in [0, 0.1) is 0 Å². The first-order valence-corrected chi connectivity index (χ1v) is 8.28. The number of hydrogen-bond acceptors (Lipinski definition) is 2. The molecule has 0 aromatic heterocycles. The monoisotopic (exact) mass is 285 g/mol. The molecule has 0 aliphatic carbocycles. The van der Waals surface area contributed by atoms with Crippen LogP contribution in [0.25, 0.3) is 0 Å². The van der Waals surface area contributed by atoms with E-state index in [4.69, 9.17) is 0 Å². The highest BCUT2D eigenvalue weighted by Crippen LogP contribution is 2.18. The highest BCUT2D eigenvalue weighted by Gasteiger charge is 2.03. The summed E-state index contributed by atoms with van der Waals surface area (Å²) in [6, 6.07) is 21.3. The maximum atomic E-state index is 3.54. The average Bonchev–Trinajstić information content (AvgIpc) is 2.52. The second-order valence-electron chi connectivity index (χ2n) is 5.01.